The molecule has 0 unspecified atom stereocenters. The lowest BCUT2D eigenvalue weighted by molar-refractivity contribution is -0.665. The lowest BCUT2D eigenvalue weighted by Crippen LogP contribution is -2.35. The Balaban J connectivity index is 0.000000142. The van der Waals surface area contributed by atoms with Crippen LogP contribution < -0.4 is 22.8 Å². The normalized spacial score (nSPS) is 14.5. The van der Waals surface area contributed by atoms with E-state index in [0.29, 0.717) is 46.7 Å². The number of benzene rings is 12. The second-order valence-electron chi connectivity index (χ2n) is 45.2. The Morgan fingerprint density at radius 2 is 0.725 bits per heavy atom. The Kier molecular flexibility index (Phi) is 22.5. The first-order valence-corrected chi connectivity index (χ1v) is 49.1. The third-order valence-electron chi connectivity index (χ3n) is 29.5. The molecule has 708 valence electrons. The van der Waals surface area contributed by atoms with Crippen LogP contribution in [0.2, 0.25) is 0 Å². The molecule has 0 fully saturated rings. The SMILES string of the molecule is Cc1cc2c(cc1-c1c3ccc(C(C)(C)C)cc3cc(C)[n+]1C)C(C)(C)c1ccccc1-2.Cc1cc2c3ccccc3n(C(C)C)c2cc1-c1c2ccc(C(C)(C)C)cc2cc(C)[n+]1C.[2H]c1cc([2H])c(C)c(-c2c3ccc(C(C)(C)C)cc3cc(C)[n+]2C)c1.[2H]c1cc2cc(C(C)(C)C)ccc2c(-c2cc(C([2H])(C([2H])([2H])[2H])C([2H])([2H])[2H])cc(C)c2C)[n+]1C.[2H]c1cc2cc(C(C)(C)C)ccc2c(-c2cc(C([2H])([2H])[2H])cc(C)c2C)[n+]1C. The Morgan fingerprint density at radius 3 is 1.17 bits per heavy atom. The minimum Gasteiger partial charge on any atom is -0.338 e. The fraction of sp³-hybridized carbons (Fsp3) is 0.341. The highest BCUT2D eigenvalue weighted by molar-refractivity contribution is 6.11. The van der Waals surface area contributed by atoms with Gasteiger partial charge in [-0.15, -0.1) is 0 Å². The molecule has 6 aromatic heterocycles. The Morgan fingerprint density at radius 1 is 0.319 bits per heavy atom. The maximum Gasteiger partial charge on any atom is 0.220 e. The summed E-state index contributed by atoms with van der Waals surface area (Å²) in [5, 5.41) is 14.1. The van der Waals surface area contributed by atoms with Crippen LogP contribution in [-0.2, 0) is 67.7 Å². The van der Waals surface area contributed by atoms with Gasteiger partial charge in [-0.2, -0.15) is 13.7 Å². The van der Waals surface area contributed by atoms with Crippen LogP contribution in [0.25, 0.3) is 143 Å². The molecule has 0 aliphatic heterocycles. The number of para-hydroxylation sites is 1. The van der Waals surface area contributed by atoms with Crippen molar-refractivity contribution in [2.45, 2.75) is 266 Å². The van der Waals surface area contributed by atoms with Gasteiger partial charge in [0.15, 0.2) is 29.4 Å². The van der Waals surface area contributed by atoms with Gasteiger partial charge in [-0.1, -0.05) is 276 Å². The number of aromatic nitrogens is 6. The summed E-state index contributed by atoms with van der Waals surface area (Å²) in [6.45, 7) is 54.9. The van der Waals surface area contributed by atoms with E-state index < -0.39 is 26.4 Å². The molecule has 0 bridgehead atoms. The van der Waals surface area contributed by atoms with Crippen LogP contribution in [-0.4, -0.2) is 4.57 Å². The molecular formula is C132H155N6+5. The summed E-state index contributed by atoms with van der Waals surface area (Å²) in [6.07, 6.45) is 0.657. The van der Waals surface area contributed by atoms with Crippen LogP contribution in [0.4, 0.5) is 0 Å². The van der Waals surface area contributed by atoms with Crippen molar-refractivity contribution in [2.24, 2.45) is 35.2 Å². The first-order valence-electron chi connectivity index (χ1n) is 56.1. The second-order valence-corrected chi connectivity index (χ2v) is 45.2. The van der Waals surface area contributed by atoms with Crippen molar-refractivity contribution in [2.75, 3.05) is 0 Å². The van der Waals surface area contributed by atoms with Gasteiger partial charge in [0.25, 0.3) is 0 Å². The topological polar surface area (TPSA) is 24.3 Å². The van der Waals surface area contributed by atoms with E-state index in [2.05, 4.69) is 375 Å². The second kappa shape index (κ2) is 37.7. The first-order chi connectivity index (χ1) is 70.3. The lowest BCUT2D eigenvalue weighted by atomic mass is 9.81. The molecule has 138 heavy (non-hydrogen) atoms. The highest BCUT2D eigenvalue weighted by atomic mass is 15.0. The maximum atomic E-state index is 8.68. The third kappa shape index (κ3) is 19.3. The fourth-order valence-electron chi connectivity index (χ4n) is 20.4. The fourth-order valence-corrected chi connectivity index (χ4v) is 20.4. The molecule has 6 heteroatoms. The maximum absolute atomic E-state index is 8.68. The summed E-state index contributed by atoms with van der Waals surface area (Å²) in [6, 6.07) is 82.3. The molecule has 6 nitrogen and oxygen atoms in total. The minimum atomic E-state index is -3.07. The van der Waals surface area contributed by atoms with Crippen molar-refractivity contribution in [1.29, 1.82) is 0 Å². The smallest absolute Gasteiger partial charge is 0.220 e. The van der Waals surface area contributed by atoms with Gasteiger partial charge < -0.3 is 4.57 Å². The molecular weight excluding hydrogens is 1670 g/mol. The Hall–Kier alpha value is -12.5. The van der Waals surface area contributed by atoms with Gasteiger partial charge in [0.1, 0.15) is 38.0 Å². The first kappa shape index (κ1) is 82.6. The van der Waals surface area contributed by atoms with Crippen LogP contribution in [0.15, 0.2) is 255 Å². The number of rotatable bonds is 7. The quantitative estimate of drug-likeness (QED) is 0.142. The summed E-state index contributed by atoms with van der Waals surface area (Å²) in [4.78, 5) is 0. The van der Waals surface area contributed by atoms with Gasteiger partial charge in [-0.25, -0.2) is 9.13 Å². The number of hydrogen-bond acceptors (Lipinski definition) is 0. The molecule has 0 radical (unpaired) electrons. The van der Waals surface area contributed by atoms with E-state index in [-0.39, 0.29) is 44.2 Å². The number of aryl methyl sites for hydroxylation is 8. The van der Waals surface area contributed by atoms with Crippen LogP contribution in [0.3, 0.4) is 0 Å². The Labute approximate surface area is 846 Å². The summed E-state index contributed by atoms with van der Waals surface area (Å²) < 4.78 is 126. The van der Waals surface area contributed by atoms with Gasteiger partial charge >= 0.3 is 0 Å². The highest BCUT2D eigenvalue weighted by Crippen LogP contribution is 2.52. The molecule has 0 saturated heterocycles. The predicted octanol–water partition coefficient (Wildman–Crippen LogP) is 32.7. The molecule has 18 aromatic rings. The molecule has 0 amide bonds. The zero-order valence-corrected chi connectivity index (χ0v) is 88.7. The Bertz CT molecular complexity index is 8540. The zero-order valence-electron chi connectivity index (χ0n) is 103. The van der Waals surface area contributed by atoms with E-state index in [0.717, 1.165) is 83.0 Å². The molecule has 1 aliphatic carbocycles. The largest absolute Gasteiger partial charge is 0.338 e. The average molecular weight is 1840 g/mol. The molecule has 6 heterocycles. The third-order valence-corrected chi connectivity index (χ3v) is 29.5. The summed E-state index contributed by atoms with van der Waals surface area (Å²) >= 11 is 0. The molecule has 0 saturated carbocycles. The van der Waals surface area contributed by atoms with E-state index in [9.17, 15) is 0 Å². The van der Waals surface area contributed by atoms with E-state index in [4.69, 9.17) is 19.2 Å². The average Bonchev–Trinajstić information content (AvgIpc) is 1.69. The number of fused-ring (bicyclic) bond motifs is 11. The van der Waals surface area contributed by atoms with Crippen LogP contribution in [0.1, 0.15) is 282 Å². The van der Waals surface area contributed by atoms with Crippen molar-refractivity contribution in [3.8, 4) is 67.4 Å². The van der Waals surface area contributed by atoms with Gasteiger partial charge in [0.2, 0.25) is 28.5 Å². The standard InChI is InChI=1S/C31H35N2.C31H34N.C25H32N.C23H28N.C22H26N/c1-19(2)33-28-12-10-9-11-25(28)27-15-20(3)26(18-29(27)33)30-24-14-13-23(31(5,6)7)17-22(24)16-21(4)32(30)8;1-19-15-26-24-11-9-10-12-27(24)31(6,7)28(26)18-25(19)29-23-14-13-22(30(3,4)5)17-21(23)16-20(2)32(29)8;1-16(2)20-13-17(3)18(4)23(15-20)24-22-10-9-21(25(5,6)7)14-19(22)11-12-26(24)8;1-15-12-16(2)17(3)21(13-15)22-20-9-8-19(23(4,5)6)14-18(20)10-11-24(22)7;1-15-9-7-8-10-19(15)21-20-12-11-18(22(3,4)5)14-17(20)13-16(2)23(21)6/h9-19H,1-8H3;9-18H,1-8H3;9-16H,1-8H3;8-14H,1-7H3;7-14H,1-6H3/q5*+1/i;;1D3,2D3,12D,16D;1D3,11D;8D,9D. The summed E-state index contributed by atoms with van der Waals surface area (Å²) in [7, 11) is 10.1. The highest BCUT2D eigenvalue weighted by Gasteiger charge is 2.38. The van der Waals surface area contributed by atoms with E-state index in [1.807, 2.05) is 63.6 Å². The monoisotopic (exact) mass is 1840 g/mol. The van der Waals surface area contributed by atoms with Crippen molar-refractivity contribution in [3.63, 3.8) is 0 Å². The van der Waals surface area contributed by atoms with Crippen molar-refractivity contribution >= 4 is 75.7 Å². The molecule has 0 N–H and O–H groups in total. The molecule has 1 aliphatic rings. The molecule has 12 aromatic carbocycles. The van der Waals surface area contributed by atoms with E-state index in [1.54, 1.807) is 42.8 Å². The van der Waals surface area contributed by atoms with Gasteiger partial charge in [-0.3, -0.25) is 0 Å². The van der Waals surface area contributed by atoms with Crippen molar-refractivity contribution < 1.29 is 42.0 Å². The summed E-state index contributed by atoms with van der Waals surface area (Å²) in [5.41, 5.74) is 36.4. The summed E-state index contributed by atoms with van der Waals surface area (Å²) in [5.74, 6) is -2.79. The minimum absolute atomic E-state index is 0.00593. The number of hydrogen-bond donors (Lipinski definition) is 0. The van der Waals surface area contributed by atoms with E-state index in [1.165, 1.54) is 150 Å². The lowest BCUT2D eigenvalue weighted by Gasteiger charge is -2.23. The van der Waals surface area contributed by atoms with Crippen LogP contribution in [0.5, 0.6) is 0 Å². The van der Waals surface area contributed by atoms with Crippen molar-refractivity contribution in [3.05, 3.63) is 361 Å². The molecule has 0 atom stereocenters. The van der Waals surface area contributed by atoms with Gasteiger partial charge in [0, 0.05) is 98.1 Å². The number of pyridine rings is 5. The van der Waals surface area contributed by atoms with Gasteiger partial charge in [0.05, 0.1) is 57.4 Å². The van der Waals surface area contributed by atoms with E-state index >= 15 is 0 Å². The number of nitrogens with zero attached hydrogens (tertiary/aromatic N) is 6. The zero-order chi connectivity index (χ0) is 112. The van der Waals surface area contributed by atoms with Gasteiger partial charge in [-0.05, 0) is 296 Å². The predicted molar refractivity (Wildman–Crippen MR) is 593 cm³/mol. The molecule has 0 spiro atoms. The van der Waals surface area contributed by atoms with Crippen LogP contribution >= 0.6 is 0 Å². The van der Waals surface area contributed by atoms with Crippen LogP contribution in [0, 0.1) is 76.1 Å². The molecule has 19 rings (SSSR count). The van der Waals surface area contributed by atoms with Crippen molar-refractivity contribution in [1.82, 2.24) is 4.57 Å².